The second-order valence-corrected chi connectivity index (χ2v) is 9.64. The monoisotopic (exact) mass is 336 g/mol. The third-order valence-corrected chi connectivity index (χ3v) is 6.60. The number of piperidine rings is 1. The molecule has 3 heterocycles. The Bertz CT molecular complexity index is 493. The van der Waals surface area contributed by atoms with E-state index in [-0.39, 0.29) is 6.09 Å². The summed E-state index contributed by atoms with van der Waals surface area (Å²) in [6, 6.07) is 0.726. The van der Waals surface area contributed by atoms with Gasteiger partial charge in [0.05, 0.1) is 13.2 Å². The molecule has 1 amide bonds. The Kier molecular flexibility index (Phi) is 3.88. The minimum Gasteiger partial charge on any atom is -0.444 e. The predicted octanol–water partition coefficient (Wildman–Crippen LogP) is 2.89. The van der Waals surface area contributed by atoms with Gasteiger partial charge in [-0.1, -0.05) is 6.42 Å². The molecule has 0 aromatic carbocycles. The molecule has 0 N–H and O–H groups in total. The van der Waals surface area contributed by atoms with Crippen molar-refractivity contribution in [3.05, 3.63) is 0 Å². The molecule has 1 atom stereocenters. The molecule has 5 nitrogen and oxygen atoms in total. The van der Waals surface area contributed by atoms with Crippen LogP contribution in [0.15, 0.2) is 0 Å². The molecular weight excluding hydrogens is 304 g/mol. The Labute approximate surface area is 145 Å². The highest BCUT2D eigenvalue weighted by atomic mass is 16.6. The molecule has 136 valence electrons. The molecule has 1 unspecified atom stereocenters. The first-order chi connectivity index (χ1) is 11.3. The summed E-state index contributed by atoms with van der Waals surface area (Å²) >= 11 is 0. The van der Waals surface area contributed by atoms with E-state index in [4.69, 9.17) is 9.47 Å². The van der Waals surface area contributed by atoms with Gasteiger partial charge in [0.2, 0.25) is 0 Å². The van der Waals surface area contributed by atoms with Crippen molar-refractivity contribution >= 4 is 6.09 Å². The summed E-state index contributed by atoms with van der Waals surface area (Å²) in [4.78, 5) is 17.0. The van der Waals surface area contributed by atoms with Crippen LogP contribution < -0.4 is 0 Å². The number of likely N-dealkylation sites (tertiary alicyclic amines) is 2. The van der Waals surface area contributed by atoms with Gasteiger partial charge in [-0.2, -0.15) is 0 Å². The molecule has 5 heteroatoms. The highest BCUT2D eigenvalue weighted by Crippen LogP contribution is 2.52. The molecule has 24 heavy (non-hydrogen) atoms. The normalized spacial score (nSPS) is 31.8. The van der Waals surface area contributed by atoms with Crippen LogP contribution in [0.5, 0.6) is 0 Å². The van der Waals surface area contributed by atoms with Crippen LogP contribution in [-0.2, 0) is 9.47 Å². The molecular formula is C19H32N2O3. The van der Waals surface area contributed by atoms with E-state index in [1.807, 2.05) is 25.7 Å². The van der Waals surface area contributed by atoms with Gasteiger partial charge >= 0.3 is 6.09 Å². The van der Waals surface area contributed by atoms with Crippen molar-refractivity contribution in [2.45, 2.75) is 64.5 Å². The first-order valence-corrected chi connectivity index (χ1v) is 9.61. The second kappa shape index (κ2) is 5.60. The van der Waals surface area contributed by atoms with Crippen LogP contribution in [0.1, 0.15) is 52.9 Å². The lowest BCUT2D eigenvalue weighted by atomic mass is 9.69. The van der Waals surface area contributed by atoms with E-state index in [9.17, 15) is 4.79 Å². The average molecular weight is 336 g/mol. The molecule has 4 aliphatic rings. The van der Waals surface area contributed by atoms with Gasteiger partial charge in [-0.15, -0.1) is 0 Å². The summed E-state index contributed by atoms with van der Waals surface area (Å²) in [7, 11) is 0. The number of ether oxygens (including phenoxy) is 2. The van der Waals surface area contributed by atoms with Crippen molar-refractivity contribution in [3.63, 3.8) is 0 Å². The summed E-state index contributed by atoms with van der Waals surface area (Å²) in [5.41, 5.74) is 0.532. The quantitative estimate of drug-likeness (QED) is 0.738. The number of nitrogens with zero attached hydrogens (tertiary/aromatic N) is 2. The average Bonchev–Trinajstić information content (AvgIpc) is 2.78. The fourth-order valence-corrected chi connectivity index (χ4v) is 5.34. The van der Waals surface area contributed by atoms with Crippen LogP contribution in [0.25, 0.3) is 0 Å². The molecule has 2 spiro atoms. The maximum atomic E-state index is 12.3. The summed E-state index contributed by atoms with van der Waals surface area (Å²) in [6.07, 6.45) is 6.15. The number of carbonyl (C=O) groups excluding carboxylic acids is 1. The van der Waals surface area contributed by atoms with E-state index >= 15 is 0 Å². The Morgan fingerprint density at radius 2 is 1.79 bits per heavy atom. The van der Waals surface area contributed by atoms with Crippen molar-refractivity contribution in [2.24, 2.45) is 10.8 Å². The molecule has 4 rings (SSSR count). The number of amides is 1. The molecule has 1 aliphatic carbocycles. The minimum absolute atomic E-state index is 0.138. The van der Waals surface area contributed by atoms with Gasteiger partial charge < -0.3 is 14.4 Å². The van der Waals surface area contributed by atoms with E-state index < -0.39 is 5.60 Å². The fourth-order valence-electron chi connectivity index (χ4n) is 5.34. The van der Waals surface area contributed by atoms with E-state index in [0.29, 0.717) is 10.8 Å². The Hall–Kier alpha value is -0.810. The van der Waals surface area contributed by atoms with E-state index in [2.05, 4.69) is 4.90 Å². The van der Waals surface area contributed by atoms with Gasteiger partial charge in [0.25, 0.3) is 0 Å². The largest absolute Gasteiger partial charge is 0.444 e. The van der Waals surface area contributed by atoms with Gasteiger partial charge in [-0.05, 0) is 51.9 Å². The predicted molar refractivity (Wildman–Crippen MR) is 91.9 cm³/mol. The number of hydrogen-bond donors (Lipinski definition) is 0. The van der Waals surface area contributed by atoms with Gasteiger partial charge in [0.1, 0.15) is 5.60 Å². The van der Waals surface area contributed by atoms with Gasteiger partial charge in [-0.25, -0.2) is 4.79 Å². The molecule has 0 radical (unpaired) electrons. The Morgan fingerprint density at radius 1 is 1.12 bits per heavy atom. The highest BCUT2D eigenvalue weighted by Gasteiger charge is 2.56. The van der Waals surface area contributed by atoms with Crippen LogP contribution in [0.2, 0.25) is 0 Å². The molecule has 3 saturated heterocycles. The van der Waals surface area contributed by atoms with E-state index in [0.717, 1.165) is 45.2 Å². The molecule has 0 bridgehead atoms. The van der Waals surface area contributed by atoms with Gasteiger partial charge in [-0.3, -0.25) is 4.90 Å². The maximum absolute atomic E-state index is 12.3. The lowest BCUT2D eigenvalue weighted by Crippen LogP contribution is -2.69. The van der Waals surface area contributed by atoms with Crippen LogP contribution in [-0.4, -0.2) is 66.9 Å². The van der Waals surface area contributed by atoms with Crippen LogP contribution in [0.3, 0.4) is 0 Å². The second-order valence-electron chi connectivity index (χ2n) is 9.64. The molecule has 1 saturated carbocycles. The van der Waals surface area contributed by atoms with Gasteiger partial charge in [0, 0.05) is 37.6 Å². The standard InChI is InChI=1S/C19H32N2O3/c1-17(2,3)24-16(22)20-9-7-19(8-10-20)6-4-5-15(19)21-11-18(12-21)13-23-14-18/h15H,4-14H2,1-3H3. The van der Waals surface area contributed by atoms with E-state index in [1.54, 1.807) is 0 Å². The van der Waals surface area contributed by atoms with Crippen molar-refractivity contribution in [3.8, 4) is 0 Å². The highest BCUT2D eigenvalue weighted by molar-refractivity contribution is 5.68. The van der Waals surface area contributed by atoms with Crippen molar-refractivity contribution in [2.75, 3.05) is 39.4 Å². The first-order valence-electron chi connectivity index (χ1n) is 9.61. The van der Waals surface area contributed by atoms with Crippen molar-refractivity contribution in [1.29, 1.82) is 0 Å². The van der Waals surface area contributed by atoms with Crippen molar-refractivity contribution in [1.82, 2.24) is 9.80 Å². The SMILES string of the molecule is CC(C)(C)OC(=O)N1CCC2(CCCC2N2CC3(COC3)C2)CC1. The third-order valence-electron chi connectivity index (χ3n) is 6.60. The zero-order valence-electron chi connectivity index (χ0n) is 15.5. The Morgan fingerprint density at radius 3 is 2.33 bits per heavy atom. The van der Waals surface area contributed by atoms with Crippen LogP contribution in [0.4, 0.5) is 4.79 Å². The summed E-state index contributed by atoms with van der Waals surface area (Å²) < 4.78 is 11.0. The summed E-state index contributed by atoms with van der Waals surface area (Å²) in [5.74, 6) is 0. The molecule has 0 aromatic heterocycles. The zero-order valence-corrected chi connectivity index (χ0v) is 15.5. The smallest absolute Gasteiger partial charge is 0.410 e. The van der Waals surface area contributed by atoms with Gasteiger partial charge in [0.15, 0.2) is 0 Å². The van der Waals surface area contributed by atoms with Crippen LogP contribution in [0, 0.1) is 10.8 Å². The number of carbonyl (C=O) groups is 1. The van der Waals surface area contributed by atoms with E-state index in [1.165, 1.54) is 32.4 Å². The Balaban J connectivity index is 1.34. The maximum Gasteiger partial charge on any atom is 0.410 e. The topological polar surface area (TPSA) is 42.0 Å². The number of hydrogen-bond acceptors (Lipinski definition) is 4. The summed E-state index contributed by atoms with van der Waals surface area (Å²) in [6.45, 7) is 11.9. The van der Waals surface area contributed by atoms with Crippen LogP contribution >= 0.6 is 0 Å². The zero-order chi connectivity index (χ0) is 17.0. The van der Waals surface area contributed by atoms with Crippen molar-refractivity contribution < 1.29 is 14.3 Å². The fraction of sp³-hybridized carbons (Fsp3) is 0.947. The molecule has 4 fully saturated rings. The molecule has 0 aromatic rings. The lowest BCUT2D eigenvalue weighted by Gasteiger charge is -2.60. The first kappa shape index (κ1) is 16.6. The molecule has 3 aliphatic heterocycles. The lowest BCUT2D eigenvalue weighted by molar-refractivity contribution is -0.207. The summed E-state index contributed by atoms with van der Waals surface area (Å²) in [5, 5.41) is 0. The number of rotatable bonds is 1. The third kappa shape index (κ3) is 2.84. The minimum atomic E-state index is -0.404.